The molecule has 0 amide bonds. The lowest BCUT2D eigenvalue weighted by Gasteiger charge is -2.33. The van der Waals surface area contributed by atoms with E-state index in [9.17, 15) is 0 Å². The zero-order chi connectivity index (χ0) is 12.6. The summed E-state index contributed by atoms with van der Waals surface area (Å²) in [6, 6.07) is 5.94. The van der Waals surface area contributed by atoms with Gasteiger partial charge < -0.3 is 10.1 Å². The molecule has 2 nitrogen and oxygen atoms in total. The summed E-state index contributed by atoms with van der Waals surface area (Å²) in [5, 5.41) is 4.65. The van der Waals surface area contributed by atoms with Gasteiger partial charge in [-0.15, -0.1) is 0 Å². The van der Waals surface area contributed by atoms with Crippen molar-refractivity contribution in [2.45, 2.75) is 30.8 Å². The van der Waals surface area contributed by atoms with Crippen molar-refractivity contribution in [3.8, 4) is 0 Å². The standard InChI is InChI=1S/C14H17Cl2NO/c15-12-2-1-10(7-13(12)16)11-8-14(18-9-11)3-5-17-6-4-14/h1-2,7,11,17H,3-6,8-9H2. The fourth-order valence-corrected chi connectivity index (χ4v) is 3.36. The Morgan fingerprint density at radius 1 is 1.17 bits per heavy atom. The van der Waals surface area contributed by atoms with E-state index >= 15 is 0 Å². The number of hydrogen-bond acceptors (Lipinski definition) is 2. The third kappa shape index (κ3) is 2.39. The van der Waals surface area contributed by atoms with Gasteiger partial charge in [0.05, 0.1) is 22.3 Å². The van der Waals surface area contributed by atoms with Crippen molar-refractivity contribution in [3.63, 3.8) is 0 Å². The van der Waals surface area contributed by atoms with Gasteiger partial charge >= 0.3 is 0 Å². The minimum atomic E-state index is 0.0992. The Morgan fingerprint density at radius 3 is 2.67 bits per heavy atom. The van der Waals surface area contributed by atoms with Gasteiger partial charge in [-0.1, -0.05) is 29.3 Å². The summed E-state index contributed by atoms with van der Waals surface area (Å²) >= 11 is 12.0. The molecule has 2 aliphatic heterocycles. The second-order valence-electron chi connectivity index (χ2n) is 5.32. The highest BCUT2D eigenvalue weighted by Crippen LogP contribution is 2.42. The Morgan fingerprint density at radius 2 is 1.94 bits per heavy atom. The highest BCUT2D eigenvalue weighted by Gasteiger charge is 2.41. The molecule has 18 heavy (non-hydrogen) atoms. The molecule has 1 aromatic carbocycles. The molecule has 1 unspecified atom stereocenters. The molecule has 0 bridgehead atoms. The van der Waals surface area contributed by atoms with E-state index in [0.717, 1.165) is 39.0 Å². The molecule has 1 aromatic rings. The number of rotatable bonds is 1. The van der Waals surface area contributed by atoms with Gasteiger partial charge in [-0.25, -0.2) is 0 Å². The maximum Gasteiger partial charge on any atom is 0.0713 e. The first-order valence-electron chi connectivity index (χ1n) is 6.48. The van der Waals surface area contributed by atoms with Gasteiger partial charge in [0.25, 0.3) is 0 Å². The molecule has 0 radical (unpaired) electrons. The molecule has 4 heteroatoms. The lowest BCUT2D eigenvalue weighted by molar-refractivity contribution is -0.0193. The first-order chi connectivity index (χ1) is 8.69. The number of nitrogens with one attached hydrogen (secondary N) is 1. The number of hydrogen-bond donors (Lipinski definition) is 1. The summed E-state index contributed by atoms with van der Waals surface area (Å²) in [6.07, 6.45) is 3.34. The second kappa shape index (κ2) is 5.01. The molecule has 1 N–H and O–H groups in total. The minimum absolute atomic E-state index is 0.0992. The van der Waals surface area contributed by atoms with Crippen molar-refractivity contribution in [1.82, 2.24) is 5.32 Å². The van der Waals surface area contributed by atoms with Crippen LogP contribution in [0.1, 0.15) is 30.7 Å². The topological polar surface area (TPSA) is 21.3 Å². The molecule has 1 atom stereocenters. The van der Waals surface area contributed by atoms with E-state index in [1.165, 1.54) is 5.56 Å². The van der Waals surface area contributed by atoms with Crippen LogP contribution in [0.15, 0.2) is 18.2 Å². The van der Waals surface area contributed by atoms with Crippen LogP contribution in [0.2, 0.25) is 10.0 Å². The van der Waals surface area contributed by atoms with E-state index in [4.69, 9.17) is 27.9 Å². The predicted octanol–water partition coefficient (Wildman–Crippen LogP) is 3.62. The highest BCUT2D eigenvalue weighted by atomic mass is 35.5. The summed E-state index contributed by atoms with van der Waals surface area (Å²) in [5.74, 6) is 0.456. The zero-order valence-corrected chi connectivity index (χ0v) is 11.7. The SMILES string of the molecule is Clc1ccc(C2COC3(CCNCC3)C2)cc1Cl. The van der Waals surface area contributed by atoms with Crippen molar-refractivity contribution < 1.29 is 4.74 Å². The van der Waals surface area contributed by atoms with Crippen molar-refractivity contribution in [2.75, 3.05) is 19.7 Å². The summed E-state index contributed by atoms with van der Waals surface area (Å²) in [5.41, 5.74) is 1.35. The quantitative estimate of drug-likeness (QED) is 0.851. The van der Waals surface area contributed by atoms with Gasteiger partial charge in [-0.2, -0.15) is 0 Å². The molecular weight excluding hydrogens is 269 g/mol. The third-order valence-corrected chi connectivity index (χ3v) is 4.88. The molecule has 0 saturated carbocycles. The van der Waals surface area contributed by atoms with Crippen LogP contribution in [-0.4, -0.2) is 25.3 Å². The Labute approximate surface area is 118 Å². The summed E-state index contributed by atoms with van der Waals surface area (Å²) in [7, 11) is 0. The molecule has 3 rings (SSSR count). The van der Waals surface area contributed by atoms with Crippen LogP contribution in [0, 0.1) is 0 Å². The average Bonchev–Trinajstić information content (AvgIpc) is 2.78. The summed E-state index contributed by atoms with van der Waals surface area (Å²) < 4.78 is 6.10. The van der Waals surface area contributed by atoms with Crippen LogP contribution < -0.4 is 5.32 Å². The highest BCUT2D eigenvalue weighted by molar-refractivity contribution is 6.42. The first-order valence-corrected chi connectivity index (χ1v) is 7.24. The molecule has 0 aromatic heterocycles. The fraction of sp³-hybridized carbons (Fsp3) is 0.571. The first kappa shape index (κ1) is 12.7. The molecule has 2 aliphatic rings. The van der Waals surface area contributed by atoms with Crippen molar-refractivity contribution in [3.05, 3.63) is 33.8 Å². The molecule has 0 aliphatic carbocycles. The second-order valence-corrected chi connectivity index (χ2v) is 6.13. The van der Waals surface area contributed by atoms with Gasteiger partial charge in [0.1, 0.15) is 0 Å². The minimum Gasteiger partial charge on any atom is -0.374 e. The maximum atomic E-state index is 6.10. The third-order valence-electron chi connectivity index (χ3n) is 4.14. The Kier molecular flexibility index (Phi) is 3.55. The van der Waals surface area contributed by atoms with Crippen LogP contribution in [0.25, 0.3) is 0 Å². The van der Waals surface area contributed by atoms with Crippen LogP contribution in [-0.2, 0) is 4.74 Å². The Balaban J connectivity index is 1.76. The smallest absolute Gasteiger partial charge is 0.0713 e. The number of benzene rings is 1. The van der Waals surface area contributed by atoms with E-state index < -0.39 is 0 Å². The summed E-state index contributed by atoms with van der Waals surface area (Å²) in [6.45, 7) is 2.93. The van der Waals surface area contributed by atoms with E-state index in [-0.39, 0.29) is 5.60 Å². The summed E-state index contributed by atoms with van der Waals surface area (Å²) in [4.78, 5) is 0. The zero-order valence-electron chi connectivity index (χ0n) is 10.2. The van der Waals surface area contributed by atoms with Crippen LogP contribution >= 0.6 is 23.2 Å². The Bertz CT molecular complexity index is 443. The average molecular weight is 286 g/mol. The molecule has 2 heterocycles. The molecule has 2 saturated heterocycles. The van der Waals surface area contributed by atoms with Gasteiger partial charge in [-0.05, 0) is 50.0 Å². The van der Waals surface area contributed by atoms with Crippen LogP contribution in [0.4, 0.5) is 0 Å². The number of piperidine rings is 1. The monoisotopic (exact) mass is 285 g/mol. The van der Waals surface area contributed by atoms with Crippen molar-refractivity contribution in [2.24, 2.45) is 0 Å². The largest absolute Gasteiger partial charge is 0.374 e. The molecule has 1 spiro atoms. The number of halogens is 2. The normalized spacial score (nSPS) is 26.7. The lowest BCUT2D eigenvalue weighted by Crippen LogP contribution is -2.41. The molecular formula is C14H17Cl2NO. The van der Waals surface area contributed by atoms with Gasteiger partial charge in [0, 0.05) is 5.92 Å². The van der Waals surface area contributed by atoms with Crippen molar-refractivity contribution in [1.29, 1.82) is 0 Å². The van der Waals surface area contributed by atoms with E-state index in [2.05, 4.69) is 11.4 Å². The molecule has 98 valence electrons. The maximum absolute atomic E-state index is 6.10. The van der Waals surface area contributed by atoms with Gasteiger partial charge in [0.2, 0.25) is 0 Å². The van der Waals surface area contributed by atoms with Crippen LogP contribution in [0.5, 0.6) is 0 Å². The lowest BCUT2D eigenvalue weighted by atomic mass is 9.84. The predicted molar refractivity (Wildman–Crippen MR) is 74.6 cm³/mol. The van der Waals surface area contributed by atoms with Gasteiger partial charge in [-0.3, -0.25) is 0 Å². The van der Waals surface area contributed by atoms with Crippen LogP contribution in [0.3, 0.4) is 0 Å². The van der Waals surface area contributed by atoms with E-state index in [1.54, 1.807) is 0 Å². The Hall–Kier alpha value is -0.280. The van der Waals surface area contributed by atoms with E-state index in [0.29, 0.717) is 16.0 Å². The van der Waals surface area contributed by atoms with E-state index in [1.807, 2.05) is 12.1 Å². The van der Waals surface area contributed by atoms with Gasteiger partial charge in [0.15, 0.2) is 0 Å². The van der Waals surface area contributed by atoms with Crippen molar-refractivity contribution >= 4 is 23.2 Å². The molecule has 2 fully saturated rings. The fourth-order valence-electron chi connectivity index (χ4n) is 3.06. The number of ether oxygens (including phenoxy) is 1.